The lowest BCUT2D eigenvalue weighted by Crippen LogP contribution is -3.15. The van der Waals surface area contributed by atoms with Crippen molar-refractivity contribution in [2.75, 3.05) is 52.6 Å². The summed E-state index contributed by atoms with van der Waals surface area (Å²) in [5.41, 5.74) is 2.76. The SMILES string of the molecule is O=C(N[C@H]1Cc2ccccc2[C@@H]1[NH+]1CCOCC1)N1CCOCC1. The third-order valence-corrected chi connectivity index (χ3v) is 5.41. The summed E-state index contributed by atoms with van der Waals surface area (Å²) in [7, 11) is 0. The van der Waals surface area contributed by atoms with Gasteiger partial charge in [0, 0.05) is 18.7 Å². The van der Waals surface area contributed by atoms with Crippen molar-refractivity contribution in [3.05, 3.63) is 35.4 Å². The Bertz CT molecular complexity index is 583. The number of nitrogens with zero attached hydrogens (tertiary/aromatic N) is 1. The molecule has 0 spiro atoms. The zero-order chi connectivity index (χ0) is 16.4. The lowest BCUT2D eigenvalue weighted by atomic mass is 10.0. The predicted octanol–water partition coefficient (Wildman–Crippen LogP) is -0.391. The van der Waals surface area contributed by atoms with E-state index in [1.165, 1.54) is 16.0 Å². The number of carbonyl (C=O) groups excluding carboxylic acids is 1. The second-order valence-electron chi connectivity index (χ2n) is 6.81. The number of urea groups is 1. The number of morpholine rings is 2. The van der Waals surface area contributed by atoms with Gasteiger partial charge in [0.2, 0.25) is 0 Å². The van der Waals surface area contributed by atoms with Gasteiger partial charge in [-0.15, -0.1) is 0 Å². The number of quaternary nitrogens is 1. The first-order valence-electron chi connectivity index (χ1n) is 8.96. The van der Waals surface area contributed by atoms with Gasteiger partial charge >= 0.3 is 6.03 Å². The largest absolute Gasteiger partial charge is 0.378 e. The van der Waals surface area contributed by atoms with E-state index in [1.54, 1.807) is 0 Å². The van der Waals surface area contributed by atoms with Gasteiger partial charge in [-0.3, -0.25) is 0 Å². The minimum absolute atomic E-state index is 0.0498. The smallest absolute Gasteiger partial charge is 0.318 e. The van der Waals surface area contributed by atoms with Crippen molar-refractivity contribution >= 4 is 6.03 Å². The number of nitrogens with one attached hydrogen (secondary N) is 2. The molecule has 1 aliphatic carbocycles. The molecular weight excluding hydrogens is 306 g/mol. The maximum absolute atomic E-state index is 12.7. The van der Waals surface area contributed by atoms with Gasteiger partial charge in [0.25, 0.3) is 0 Å². The van der Waals surface area contributed by atoms with Gasteiger partial charge in [0.1, 0.15) is 19.1 Å². The van der Waals surface area contributed by atoms with Crippen LogP contribution in [-0.4, -0.2) is 69.6 Å². The fourth-order valence-electron chi connectivity index (χ4n) is 4.19. The second-order valence-corrected chi connectivity index (χ2v) is 6.81. The van der Waals surface area contributed by atoms with Crippen LogP contribution in [0.1, 0.15) is 17.2 Å². The van der Waals surface area contributed by atoms with Gasteiger partial charge in [-0.2, -0.15) is 0 Å². The summed E-state index contributed by atoms with van der Waals surface area (Å²) in [5, 5.41) is 3.31. The lowest BCUT2D eigenvalue weighted by Gasteiger charge is -2.35. The van der Waals surface area contributed by atoms with Crippen LogP contribution in [0.4, 0.5) is 4.79 Å². The Morgan fingerprint density at radius 1 is 1.08 bits per heavy atom. The molecule has 0 aromatic heterocycles. The molecule has 2 amide bonds. The van der Waals surface area contributed by atoms with E-state index in [0.29, 0.717) is 32.3 Å². The van der Waals surface area contributed by atoms with Crippen LogP contribution in [0.2, 0.25) is 0 Å². The van der Waals surface area contributed by atoms with Crippen LogP contribution in [0, 0.1) is 0 Å². The molecule has 0 bridgehead atoms. The summed E-state index contributed by atoms with van der Waals surface area (Å²) in [6, 6.07) is 9.16. The molecule has 130 valence electrons. The van der Waals surface area contributed by atoms with Crippen molar-refractivity contribution in [3.8, 4) is 0 Å². The zero-order valence-electron chi connectivity index (χ0n) is 14.0. The van der Waals surface area contributed by atoms with Crippen molar-refractivity contribution in [1.82, 2.24) is 10.2 Å². The lowest BCUT2D eigenvalue weighted by molar-refractivity contribution is -0.939. The van der Waals surface area contributed by atoms with Gasteiger partial charge in [-0.25, -0.2) is 4.79 Å². The number of amides is 2. The first kappa shape index (κ1) is 15.9. The van der Waals surface area contributed by atoms with Crippen LogP contribution in [0.25, 0.3) is 0 Å². The highest BCUT2D eigenvalue weighted by Crippen LogP contribution is 2.29. The van der Waals surface area contributed by atoms with Crippen molar-refractivity contribution < 1.29 is 19.2 Å². The molecule has 1 aromatic carbocycles. The van der Waals surface area contributed by atoms with Crippen LogP contribution in [0.15, 0.2) is 24.3 Å². The minimum atomic E-state index is 0.0498. The van der Waals surface area contributed by atoms with Gasteiger partial charge in [0.15, 0.2) is 0 Å². The van der Waals surface area contributed by atoms with Gasteiger partial charge in [0.05, 0.1) is 32.5 Å². The van der Waals surface area contributed by atoms with E-state index in [-0.39, 0.29) is 12.1 Å². The molecule has 2 fully saturated rings. The van der Waals surface area contributed by atoms with E-state index >= 15 is 0 Å². The molecule has 0 radical (unpaired) electrons. The number of hydrogen-bond acceptors (Lipinski definition) is 3. The van der Waals surface area contributed by atoms with Crippen LogP contribution in [0.3, 0.4) is 0 Å². The Hall–Kier alpha value is -1.63. The average Bonchev–Trinajstić information content (AvgIpc) is 3.01. The van der Waals surface area contributed by atoms with Crippen LogP contribution < -0.4 is 10.2 Å². The Kier molecular flexibility index (Phi) is 4.69. The van der Waals surface area contributed by atoms with E-state index in [0.717, 1.165) is 32.7 Å². The molecule has 6 heteroatoms. The van der Waals surface area contributed by atoms with Crippen LogP contribution >= 0.6 is 0 Å². The van der Waals surface area contributed by atoms with Gasteiger partial charge < -0.3 is 24.6 Å². The number of ether oxygens (including phenoxy) is 2. The van der Waals surface area contributed by atoms with E-state index in [9.17, 15) is 4.79 Å². The predicted molar refractivity (Wildman–Crippen MR) is 89.1 cm³/mol. The molecule has 2 heterocycles. The highest BCUT2D eigenvalue weighted by molar-refractivity contribution is 5.75. The molecule has 1 aromatic rings. The monoisotopic (exact) mass is 332 g/mol. The summed E-state index contributed by atoms with van der Waals surface area (Å²) in [6.45, 7) is 6.25. The summed E-state index contributed by atoms with van der Waals surface area (Å²) < 4.78 is 10.9. The Labute approximate surface area is 142 Å². The van der Waals surface area contributed by atoms with Crippen LogP contribution in [0.5, 0.6) is 0 Å². The van der Waals surface area contributed by atoms with E-state index in [1.807, 2.05) is 4.90 Å². The topological polar surface area (TPSA) is 55.2 Å². The molecule has 3 aliphatic rings. The van der Waals surface area contributed by atoms with E-state index < -0.39 is 0 Å². The highest BCUT2D eigenvalue weighted by Gasteiger charge is 2.41. The summed E-state index contributed by atoms with van der Waals surface area (Å²) in [6.07, 6.45) is 0.918. The zero-order valence-corrected chi connectivity index (χ0v) is 14.0. The highest BCUT2D eigenvalue weighted by atomic mass is 16.5. The van der Waals surface area contributed by atoms with E-state index in [4.69, 9.17) is 9.47 Å². The number of carbonyl (C=O) groups is 1. The first-order chi connectivity index (χ1) is 11.8. The van der Waals surface area contributed by atoms with Gasteiger partial charge in [-0.1, -0.05) is 24.3 Å². The quantitative estimate of drug-likeness (QED) is 0.776. The fraction of sp³-hybridized carbons (Fsp3) is 0.611. The number of benzene rings is 1. The van der Waals surface area contributed by atoms with Crippen molar-refractivity contribution in [3.63, 3.8) is 0 Å². The van der Waals surface area contributed by atoms with E-state index in [2.05, 4.69) is 29.6 Å². The third kappa shape index (κ3) is 3.14. The molecule has 0 saturated carbocycles. The molecule has 4 rings (SSSR count). The summed E-state index contributed by atoms with van der Waals surface area (Å²) in [5.74, 6) is 0. The maximum atomic E-state index is 12.7. The number of hydrogen-bond donors (Lipinski definition) is 2. The fourth-order valence-corrected chi connectivity index (χ4v) is 4.19. The summed E-state index contributed by atoms with van der Waals surface area (Å²) >= 11 is 0. The standard InChI is InChI=1S/C18H25N3O3/c22-18(21-7-11-24-12-8-21)19-16-13-14-3-1-2-4-15(14)17(16)20-5-9-23-10-6-20/h1-4,16-17H,5-13H2,(H,19,22)/p+1/t16-,17-/m0/s1. The minimum Gasteiger partial charge on any atom is -0.378 e. The molecule has 0 unspecified atom stereocenters. The first-order valence-corrected chi connectivity index (χ1v) is 8.96. The number of rotatable bonds is 2. The van der Waals surface area contributed by atoms with Gasteiger partial charge in [-0.05, 0) is 12.0 Å². The number of fused-ring (bicyclic) bond motifs is 1. The van der Waals surface area contributed by atoms with Crippen molar-refractivity contribution in [2.45, 2.75) is 18.5 Å². The molecular formula is C18H26N3O3+. The molecule has 24 heavy (non-hydrogen) atoms. The summed E-state index contributed by atoms with van der Waals surface area (Å²) in [4.78, 5) is 16.1. The normalized spacial score (nSPS) is 27.8. The average molecular weight is 332 g/mol. The third-order valence-electron chi connectivity index (χ3n) is 5.41. The van der Waals surface area contributed by atoms with Crippen molar-refractivity contribution in [2.24, 2.45) is 0 Å². The Morgan fingerprint density at radius 2 is 1.79 bits per heavy atom. The Balaban J connectivity index is 1.51. The molecule has 6 nitrogen and oxygen atoms in total. The molecule has 2 atom stereocenters. The second kappa shape index (κ2) is 7.09. The Morgan fingerprint density at radius 3 is 2.58 bits per heavy atom. The molecule has 2 aliphatic heterocycles. The van der Waals surface area contributed by atoms with Crippen LogP contribution in [-0.2, 0) is 15.9 Å². The maximum Gasteiger partial charge on any atom is 0.318 e. The molecule has 2 N–H and O–H groups in total. The van der Waals surface area contributed by atoms with Crippen molar-refractivity contribution in [1.29, 1.82) is 0 Å². The molecule has 2 saturated heterocycles.